The molecule has 2 aromatic carbocycles. The summed E-state index contributed by atoms with van der Waals surface area (Å²) in [5.41, 5.74) is 1.72. The van der Waals surface area contributed by atoms with Gasteiger partial charge >= 0.3 is 6.03 Å². The molecule has 0 heterocycles. The Kier molecular flexibility index (Phi) is 6.65. The van der Waals surface area contributed by atoms with E-state index in [2.05, 4.69) is 10.6 Å². The number of urea groups is 1. The predicted molar refractivity (Wildman–Crippen MR) is 93.4 cm³/mol. The SMILES string of the molecule is CCNC(=O)NC(=O)[C@@H](c1ccccc1)[NH+](C)Cc1ccc(F)cc1. The summed E-state index contributed by atoms with van der Waals surface area (Å²) in [7, 11) is 1.87. The van der Waals surface area contributed by atoms with Gasteiger partial charge in [-0.2, -0.15) is 0 Å². The fraction of sp³-hybridized carbons (Fsp3) is 0.263. The lowest BCUT2D eigenvalue weighted by Gasteiger charge is -2.24. The zero-order valence-electron chi connectivity index (χ0n) is 14.4. The molecule has 6 heteroatoms. The molecule has 0 aliphatic rings. The molecule has 2 aromatic rings. The van der Waals surface area contributed by atoms with Crippen molar-refractivity contribution in [3.8, 4) is 0 Å². The number of nitrogens with one attached hydrogen (secondary N) is 3. The first kappa shape index (κ1) is 18.6. The van der Waals surface area contributed by atoms with E-state index >= 15 is 0 Å². The van der Waals surface area contributed by atoms with Gasteiger partial charge in [0, 0.05) is 17.7 Å². The van der Waals surface area contributed by atoms with Crippen LogP contribution in [0.15, 0.2) is 54.6 Å². The number of imide groups is 1. The van der Waals surface area contributed by atoms with Gasteiger partial charge in [0.05, 0.1) is 7.05 Å². The molecule has 0 bridgehead atoms. The molecular weight excluding hydrogens is 321 g/mol. The molecule has 1 unspecified atom stereocenters. The van der Waals surface area contributed by atoms with E-state index in [1.165, 1.54) is 12.1 Å². The highest BCUT2D eigenvalue weighted by molar-refractivity contribution is 5.96. The molecule has 2 atom stereocenters. The van der Waals surface area contributed by atoms with Gasteiger partial charge in [-0.15, -0.1) is 0 Å². The number of likely N-dealkylation sites (N-methyl/N-ethyl adjacent to an activating group) is 1. The van der Waals surface area contributed by atoms with Crippen molar-refractivity contribution in [2.75, 3.05) is 13.6 Å². The fourth-order valence-corrected chi connectivity index (χ4v) is 2.72. The van der Waals surface area contributed by atoms with E-state index in [0.29, 0.717) is 13.1 Å². The van der Waals surface area contributed by atoms with Crippen molar-refractivity contribution in [2.24, 2.45) is 0 Å². The van der Waals surface area contributed by atoms with Crippen LogP contribution in [0, 0.1) is 5.82 Å². The van der Waals surface area contributed by atoms with E-state index in [0.717, 1.165) is 16.0 Å². The summed E-state index contributed by atoms with van der Waals surface area (Å²) in [5, 5.41) is 4.94. The first-order valence-electron chi connectivity index (χ1n) is 8.21. The second-order valence-electron chi connectivity index (χ2n) is 5.84. The minimum Gasteiger partial charge on any atom is -0.338 e. The number of halogens is 1. The summed E-state index contributed by atoms with van der Waals surface area (Å²) < 4.78 is 13.1. The van der Waals surface area contributed by atoms with Crippen LogP contribution < -0.4 is 15.5 Å². The number of carbonyl (C=O) groups excluding carboxylic acids is 2. The number of carbonyl (C=O) groups is 2. The molecule has 0 saturated carbocycles. The molecule has 25 heavy (non-hydrogen) atoms. The molecule has 132 valence electrons. The van der Waals surface area contributed by atoms with Crippen LogP contribution in [0.2, 0.25) is 0 Å². The number of hydrogen-bond donors (Lipinski definition) is 3. The van der Waals surface area contributed by atoms with Crippen molar-refractivity contribution in [1.82, 2.24) is 10.6 Å². The Bertz CT molecular complexity index is 704. The molecular formula is C19H23FN3O2+. The predicted octanol–water partition coefficient (Wildman–Crippen LogP) is 1.43. The third-order valence-corrected chi connectivity index (χ3v) is 3.86. The molecule has 0 aliphatic carbocycles. The average Bonchev–Trinajstić information content (AvgIpc) is 2.58. The molecule has 0 aliphatic heterocycles. The zero-order chi connectivity index (χ0) is 18.2. The fourth-order valence-electron chi connectivity index (χ4n) is 2.72. The van der Waals surface area contributed by atoms with Crippen LogP contribution in [0.4, 0.5) is 9.18 Å². The number of benzene rings is 2. The minimum atomic E-state index is -0.561. The highest BCUT2D eigenvalue weighted by Crippen LogP contribution is 2.10. The number of quaternary nitrogens is 1. The molecule has 0 radical (unpaired) electrons. The van der Waals surface area contributed by atoms with Crippen molar-refractivity contribution >= 4 is 11.9 Å². The third kappa shape index (κ3) is 5.39. The standard InChI is InChI=1S/C19H22FN3O2/c1-3-21-19(25)22-18(24)17(15-7-5-4-6-8-15)23(2)13-14-9-11-16(20)12-10-14/h4-12,17H,3,13H2,1-2H3,(H2,21,22,24,25)/p+1/t17-/m1/s1. The maximum Gasteiger partial charge on any atom is 0.321 e. The molecule has 2 rings (SSSR count). The number of rotatable bonds is 6. The second-order valence-corrected chi connectivity index (χ2v) is 5.84. The Hall–Kier alpha value is -2.73. The summed E-state index contributed by atoms with van der Waals surface area (Å²) in [6.45, 7) is 2.74. The van der Waals surface area contributed by atoms with E-state index < -0.39 is 12.1 Å². The van der Waals surface area contributed by atoms with E-state index in [1.54, 1.807) is 19.1 Å². The average molecular weight is 344 g/mol. The number of hydrogen-bond acceptors (Lipinski definition) is 2. The first-order chi connectivity index (χ1) is 12.0. The van der Waals surface area contributed by atoms with Gasteiger partial charge in [-0.3, -0.25) is 10.1 Å². The largest absolute Gasteiger partial charge is 0.338 e. The Morgan fingerprint density at radius 2 is 1.72 bits per heavy atom. The monoisotopic (exact) mass is 344 g/mol. The molecule has 3 N–H and O–H groups in total. The maximum atomic E-state index is 13.1. The maximum absolute atomic E-state index is 13.1. The van der Waals surface area contributed by atoms with Gasteiger partial charge in [0.1, 0.15) is 12.4 Å². The summed E-state index contributed by atoms with van der Waals surface area (Å²) >= 11 is 0. The second kappa shape index (κ2) is 8.94. The van der Waals surface area contributed by atoms with Crippen LogP contribution in [0.25, 0.3) is 0 Å². The minimum absolute atomic E-state index is 0.296. The molecule has 5 nitrogen and oxygen atoms in total. The van der Waals surface area contributed by atoms with Gasteiger partial charge in [0.2, 0.25) is 0 Å². The lowest BCUT2D eigenvalue weighted by molar-refractivity contribution is -0.916. The Balaban J connectivity index is 2.20. The van der Waals surface area contributed by atoms with Gasteiger partial charge < -0.3 is 10.2 Å². The summed E-state index contributed by atoms with van der Waals surface area (Å²) in [5.74, 6) is -0.674. The van der Waals surface area contributed by atoms with E-state index in [9.17, 15) is 14.0 Å². The van der Waals surface area contributed by atoms with Crippen LogP contribution >= 0.6 is 0 Å². The van der Waals surface area contributed by atoms with Crippen molar-refractivity contribution in [1.29, 1.82) is 0 Å². The van der Waals surface area contributed by atoms with Crippen LogP contribution in [-0.2, 0) is 11.3 Å². The molecule has 0 saturated heterocycles. The highest BCUT2D eigenvalue weighted by Gasteiger charge is 2.30. The molecule has 0 spiro atoms. The molecule has 0 fully saturated rings. The smallest absolute Gasteiger partial charge is 0.321 e. The first-order valence-corrected chi connectivity index (χ1v) is 8.21. The van der Waals surface area contributed by atoms with Gasteiger partial charge in [0.15, 0.2) is 6.04 Å². The van der Waals surface area contributed by atoms with Crippen molar-refractivity contribution < 1.29 is 18.9 Å². The van der Waals surface area contributed by atoms with E-state index in [1.807, 2.05) is 37.4 Å². The van der Waals surface area contributed by atoms with Gasteiger partial charge in [-0.25, -0.2) is 9.18 Å². The quantitative estimate of drug-likeness (QED) is 0.742. The lowest BCUT2D eigenvalue weighted by Crippen LogP contribution is -3.09. The molecule has 3 amide bonds. The lowest BCUT2D eigenvalue weighted by atomic mass is 10.0. The van der Waals surface area contributed by atoms with Crippen LogP contribution in [0.5, 0.6) is 0 Å². The summed E-state index contributed by atoms with van der Waals surface area (Å²) in [6.07, 6.45) is 0. The van der Waals surface area contributed by atoms with Crippen LogP contribution in [0.3, 0.4) is 0 Å². The topological polar surface area (TPSA) is 62.6 Å². The highest BCUT2D eigenvalue weighted by atomic mass is 19.1. The van der Waals surface area contributed by atoms with Crippen molar-refractivity contribution in [3.63, 3.8) is 0 Å². The van der Waals surface area contributed by atoms with Crippen molar-refractivity contribution in [3.05, 3.63) is 71.5 Å². The number of amides is 3. The van der Waals surface area contributed by atoms with Crippen LogP contribution in [0.1, 0.15) is 24.1 Å². The summed E-state index contributed by atoms with van der Waals surface area (Å²) in [4.78, 5) is 25.3. The Labute approximate surface area is 146 Å². The zero-order valence-corrected chi connectivity index (χ0v) is 14.4. The van der Waals surface area contributed by atoms with E-state index in [4.69, 9.17) is 0 Å². The van der Waals surface area contributed by atoms with E-state index in [-0.39, 0.29) is 11.7 Å². The summed E-state index contributed by atoms with van der Waals surface area (Å²) in [6, 6.07) is 14.4. The van der Waals surface area contributed by atoms with Crippen molar-refractivity contribution in [2.45, 2.75) is 19.5 Å². The third-order valence-electron chi connectivity index (χ3n) is 3.86. The molecule has 0 aromatic heterocycles. The Morgan fingerprint density at radius 1 is 1.08 bits per heavy atom. The van der Waals surface area contributed by atoms with Gasteiger partial charge in [-0.1, -0.05) is 42.5 Å². The normalized spacial score (nSPS) is 12.9. The Morgan fingerprint density at radius 3 is 2.32 bits per heavy atom. The van der Waals surface area contributed by atoms with Gasteiger partial charge in [0.25, 0.3) is 5.91 Å². The van der Waals surface area contributed by atoms with Gasteiger partial charge in [-0.05, 0) is 19.1 Å². The van der Waals surface area contributed by atoms with Crippen LogP contribution in [-0.4, -0.2) is 25.5 Å².